The first-order chi connectivity index (χ1) is 9.85. The van der Waals surface area contributed by atoms with Crippen LogP contribution >= 0.6 is 0 Å². The summed E-state index contributed by atoms with van der Waals surface area (Å²) in [5, 5.41) is 2.39. The Balaban J connectivity index is 2.03. The number of benzene rings is 1. The number of nitrogens with one attached hydrogen (secondary N) is 1. The maximum Gasteiger partial charge on any atom is 0.401 e. The molecule has 0 aliphatic heterocycles. The van der Waals surface area contributed by atoms with Crippen molar-refractivity contribution in [2.45, 2.75) is 44.3 Å². The fourth-order valence-corrected chi connectivity index (χ4v) is 2.88. The highest BCUT2D eigenvalue weighted by Gasteiger charge is 2.26. The van der Waals surface area contributed by atoms with Gasteiger partial charge in [-0.15, -0.1) is 0 Å². The number of carbonyl (C=O) groups is 1. The number of fused-ring (bicyclic) bond motifs is 1. The van der Waals surface area contributed by atoms with E-state index in [0.717, 1.165) is 36.0 Å². The smallest absolute Gasteiger partial charge is 0.370 e. The van der Waals surface area contributed by atoms with E-state index in [1.54, 1.807) is 0 Å². The van der Waals surface area contributed by atoms with Crippen LogP contribution in [0.5, 0.6) is 0 Å². The van der Waals surface area contributed by atoms with E-state index in [2.05, 4.69) is 5.32 Å². The average molecular weight is 300 g/mol. The first kappa shape index (κ1) is 15.8. The van der Waals surface area contributed by atoms with Gasteiger partial charge in [-0.25, -0.2) is 0 Å². The minimum Gasteiger partial charge on any atom is -0.370 e. The van der Waals surface area contributed by atoms with E-state index in [4.69, 9.17) is 5.73 Å². The van der Waals surface area contributed by atoms with Crippen molar-refractivity contribution in [3.63, 3.8) is 0 Å². The van der Waals surface area contributed by atoms with Crippen molar-refractivity contribution in [2.24, 2.45) is 5.73 Å². The summed E-state index contributed by atoms with van der Waals surface area (Å²) in [6, 6.07) is 5.68. The molecule has 0 unspecified atom stereocenters. The Hall–Kier alpha value is -1.56. The number of hydrogen-bond donors (Lipinski definition) is 2. The predicted molar refractivity (Wildman–Crippen MR) is 73.7 cm³/mol. The number of halogens is 3. The summed E-state index contributed by atoms with van der Waals surface area (Å²) in [6.45, 7) is -0.804. The van der Waals surface area contributed by atoms with Crippen LogP contribution in [0, 0.1) is 0 Å². The van der Waals surface area contributed by atoms with Gasteiger partial charge in [-0.1, -0.05) is 18.2 Å². The van der Waals surface area contributed by atoms with Crippen molar-refractivity contribution >= 4 is 5.91 Å². The fraction of sp³-hybridized carbons (Fsp3) is 0.533. The van der Waals surface area contributed by atoms with Gasteiger partial charge in [0.2, 0.25) is 5.91 Å². The summed E-state index contributed by atoms with van der Waals surface area (Å²) < 4.78 is 36.3. The number of carbonyl (C=O) groups excluding carboxylic acids is 1. The maximum absolute atomic E-state index is 12.1. The molecule has 2 rings (SSSR count). The van der Waals surface area contributed by atoms with Crippen LogP contribution in [-0.2, 0) is 17.8 Å². The van der Waals surface area contributed by atoms with Gasteiger partial charge in [-0.2, -0.15) is 13.2 Å². The molecule has 1 aliphatic rings. The molecule has 1 aromatic carbocycles. The first-order valence-corrected chi connectivity index (χ1v) is 7.02. The summed E-state index contributed by atoms with van der Waals surface area (Å²) in [6.07, 6.45) is -1.05. The monoisotopic (exact) mass is 300 g/mol. The first-order valence-electron chi connectivity index (χ1n) is 7.02. The molecule has 0 saturated heterocycles. The number of amides is 1. The van der Waals surface area contributed by atoms with Crippen LogP contribution < -0.4 is 11.1 Å². The van der Waals surface area contributed by atoms with Gasteiger partial charge in [-0.05, 0) is 41.9 Å². The maximum atomic E-state index is 12.1. The minimum atomic E-state index is -4.19. The number of rotatable bonds is 5. The van der Waals surface area contributed by atoms with Gasteiger partial charge in [0.25, 0.3) is 0 Å². The van der Waals surface area contributed by atoms with Crippen molar-refractivity contribution < 1.29 is 18.0 Å². The van der Waals surface area contributed by atoms with Crippen molar-refractivity contribution in [2.75, 3.05) is 6.54 Å². The molecule has 116 valence electrons. The molecule has 0 aromatic heterocycles. The molecule has 1 aromatic rings. The zero-order valence-corrected chi connectivity index (χ0v) is 11.7. The lowest BCUT2D eigenvalue weighted by Crippen LogP contribution is -2.28. The molecule has 0 spiro atoms. The van der Waals surface area contributed by atoms with Gasteiger partial charge in [0, 0.05) is 13.0 Å². The van der Waals surface area contributed by atoms with Crippen molar-refractivity contribution in [3.05, 3.63) is 34.9 Å². The molecule has 1 atom stereocenters. The van der Waals surface area contributed by atoms with Crippen LogP contribution in [0.3, 0.4) is 0 Å². The van der Waals surface area contributed by atoms with Crippen LogP contribution in [0.4, 0.5) is 13.2 Å². The molecule has 1 aliphatic carbocycles. The van der Waals surface area contributed by atoms with Gasteiger partial charge in [0.1, 0.15) is 0 Å². The van der Waals surface area contributed by atoms with Gasteiger partial charge in [0.15, 0.2) is 0 Å². The SMILES string of the molecule is NC(=O)C[C@H]1CCCc2cc(CNCC(F)(F)F)ccc21. The summed E-state index contributed by atoms with van der Waals surface area (Å²) in [7, 11) is 0. The molecule has 0 fully saturated rings. The quantitative estimate of drug-likeness (QED) is 0.878. The minimum absolute atomic E-state index is 0.142. The van der Waals surface area contributed by atoms with E-state index in [-0.39, 0.29) is 18.4 Å². The number of aryl methyl sites for hydroxylation is 1. The van der Waals surface area contributed by atoms with Crippen LogP contribution in [0.1, 0.15) is 41.9 Å². The Morgan fingerprint density at radius 1 is 1.38 bits per heavy atom. The highest BCUT2D eigenvalue weighted by Crippen LogP contribution is 2.34. The van der Waals surface area contributed by atoms with Gasteiger partial charge < -0.3 is 11.1 Å². The zero-order valence-electron chi connectivity index (χ0n) is 11.7. The standard InChI is InChI=1S/C15H19F3N2O/c16-15(17,18)9-20-8-10-4-5-13-11(6-10)2-1-3-12(13)7-14(19)21/h4-6,12,20H,1-3,7-9H2,(H2,19,21)/t12-/m1/s1. The number of nitrogens with two attached hydrogens (primary N) is 1. The number of primary amides is 1. The third-order valence-electron chi connectivity index (χ3n) is 3.75. The number of alkyl halides is 3. The van der Waals surface area contributed by atoms with E-state index in [1.165, 1.54) is 0 Å². The molecule has 6 heteroatoms. The van der Waals surface area contributed by atoms with Gasteiger partial charge in [0.05, 0.1) is 6.54 Å². The van der Waals surface area contributed by atoms with Crippen LogP contribution in [0.15, 0.2) is 18.2 Å². The van der Waals surface area contributed by atoms with Gasteiger partial charge >= 0.3 is 6.18 Å². The molecule has 0 saturated carbocycles. The van der Waals surface area contributed by atoms with Crippen LogP contribution in [0.2, 0.25) is 0 Å². The molecule has 3 nitrogen and oxygen atoms in total. The highest BCUT2D eigenvalue weighted by atomic mass is 19.4. The van der Waals surface area contributed by atoms with Crippen molar-refractivity contribution in [1.29, 1.82) is 0 Å². The van der Waals surface area contributed by atoms with Crippen LogP contribution in [-0.4, -0.2) is 18.6 Å². The lowest BCUT2D eigenvalue weighted by Gasteiger charge is -2.25. The molecule has 21 heavy (non-hydrogen) atoms. The summed E-state index contributed by atoms with van der Waals surface area (Å²) in [5.74, 6) is -0.174. The van der Waals surface area contributed by atoms with E-state index in [9.17, 15) is 18.0 Å². The topological polar surface area (TPSA) is 55.1 Å². The Morgan fingerprint density at radius 3 is 2.81 bits per heavy atom. The zero-order chi connectivity index (χ0) is 15.5. The molecule has 0 bridgehead atoms. The van der Waals surface area contributed by atoms with Crippen molar-refractivity contribution in [1.82, 2.24) is 5.32 Å². The molecule has 3 N–H and O–H groups in total. The number of hydrogen-bond acceptors (Lipinski definition) is 2. The van der Waals surface area contributed by atoms with E-state index in [1.807, 2.05) is 18.2 Å². The predicted octanol–water partition coefficient (Wildman–Crippen LogP) is 2.63. The Bertz CT molecular complexity index is 514. The molecule has 1 amide bonds. The Morgan fingerprint density at radius 2 is 2.14 bits per heavy atom. The molecular formula is C15H19F3N2O. The Kier molecular flexibility index (Phi) is 4.88. The summed E-state index contributed by atoms with van der Waals surface area (Å²) >= 11 is 0. The largest absolute Gasteiger partial charge is 0.401 e. The van der Waals surface area contributed by atoms with E-state index < -0.39 is 12.7 Å². The van der Waals surface area contributed by atoms with Crippen LogP contribution in [0.25, 0.3) is 0 Å². The van der Waals surface area contributed by atoms with E-state index >= 15 is 0 Å². The lowest BCUT2D eigenvalue weighted by atomic mass is 9.80. The van der Waals surface area contributed by atoms with E-state index in [0.29, 0.717) is 6.42 Å². The molecular weight excluding hydrogens is 281 g/mol. The second-order valence-electron chi connectivity index (χ2n) is 5.51. The lowest BCUT2D eigenvalue weighted by molar-refractivity contribution is -0.125. The third kappa shape index (κ3) is 4.74. The summed E-state index contributed by atoms with van der Waals surface area (Å²) in [5.41, 5.74) is 8.33. The third-order valence-corrected chi connectivity index (χ3v) is 3.75. The second-order valence-corrected chi connectivity index (χ2v) is 5.51. The Labute approximate surface area is 121 Å². The fourth-order valence-electron chi connectivity index (χ4n) is 2.88. The average Bonchev–Trinajstić information content (AvgIpc) is 2.36. The van der Waals surface area contributed by atoms with Crippen molar-refractivity contribution in [3.8, 4) is 0 Å². The summed E-state index contributed by atoms with van der Waals surface area (Å²) in [4.78, 5) is 11.1. The molecule has 0 radical (unpaired) electrons. The second kappa shape index (κ2) is 6.47. The highest BCUT2D eigenvalue weighted by molar-refractivity contribution is 5.75. The van der Waals surface area contributed by atoms with Gasteiger partial charge in [-0.3, -0.25) is 4.79 Å². The normalized spacial score (nSPS) is 18.3. The molecule has 0 heterocycles.